The van der Waals surface area contributed by atoms with E-state index in [4.69, 9.17) is 4.74 Å². The van der Waals surface area contributed by atoms with Gasteiger partial charge >= 0.3 is 12.0 Å². The predicted octanol–water partition coefficient (Wildman–Crippen LogP) is 4.16. The molecule has 0 saturated heterocycles. The summed E-state index contributed by atoms with van der Waals surface area (Å²) in [7, 11) is 0. The molecule has 0 atom stereocenters. The number of hydrogen-bond donors (Lipinski definition) is 0. The number of hydrogen-bond acceptors (Lipinski definition) is 5. The molecule has 2 rings (SSSR count). The van der Waals surface area contributed by atoms with E-state index < -0.39 is 0 Å². The Morgan fingerprint density at radius 3 is 3.05 bits per heavy atom. The maximum atomic E-state index is 12.2. The molecule has 0 unspecified atom stereocenters. The highest BCUT2D eigenvalue weighted by molar-refractivity contribution is 7.98. The molecular formula is C15H15NO3S2. The van der Waals surface area contributed by atoms with Crippen molar-refractivity contribution < 1.29 is 9.53 Å². The average molecular weight is 321 g/mol. The van der Waals surface area contributed by atoms with Gasteiger partial charge in [-0.15, -0.1) is 11.3 Å². The lowest BCUT2D eigenvalue weighted by molar-refractivity contribution is 0.0533. The second-order valence-corrected chi connectivity index (χ2v) is 6.21. The number of esters is 1. The first-order chi connectivity index (χ1) is 10.2. The fourth-order valence-corrected chi connectivity index (χ4v) is 3.26. The van der Waals surface area contributed by atoms with E-state index in [-0.39, 0.29) is 5.97 Å². The van der Waals surface area contributed by atoms with Gasteiger partial charge in [-0.05, 0) is 35.8 Å². The molecule has 0 radical (unpaired) electrons. The van der Waals surface area contributed by atoms with Gasteiger partial charge in [0, 0.05) is 16.1 Å². The van der Waals surface area contributed by atoms with E-state index in [1.54, 1.807) is 17.8 Å². The second-order valence-electron chi connectivity index (χ2n) is 4.31. The van der Waals surface area contributed by atoms with Gasteiger partial charge in [0.2, 0.25) is 0 Å². The lowest BCUT2D eigenvalue weighted by Crippen LogP contribution is -2.09. The first-order valence-electron chi connectivity index (χ1n) is 6.50. The number of rotatable bonds is 5. The third-order valence-electron chi connectivity index (χ3n) is 3.10. The molecule has 110 valence electrons. The van der Waals surface area contributed by atoms with Crippen molar-refractivity contribution in [2.75, 3.05) is 18.6 Å². The molecule has 0 N–H and O–H groups in total. The van der Waals surface area contributed by atoms with E-state index in [1.165, 1.54) is 11.3 Å². The first kappa shape index (κ1) is 15.7. The normalized spacial score (nSPS) is 10.2. The highest BCUT2D eigenvalue weighted by atomic mass is 32.2. The number of thiophene rings is 1. The highest BCUT2D eigenvalue weighted by Gasteiger charge is 2.19. The Balaban J connectivity index is 2.49. The third kappa shape index (κ3) is 3.31. The van der Waals surface area contributed by atoms with Gasteiger partial charge in [-0.25, -0.2) is 4.79 Å². The Labute approximate surface area is 131 Å². The van der Waals surface area contributed by atoms with Crippen LogP contribution >= 0.6 is 23.1 Å². The van der Waals surface area contributed by atoms with Gasteiger partial charge in [0.25, 0.3) is 0 Å². The number of benzene rings is 1. The van der Waals surface area contributed by atoms with Crippen LogP contribution in [0.5, 0.6) is 0 Å². The number of fused-ring (bicyclic) bond motifs is 1. The van der Waals surface area contributed by atoms with Crippen LogP contribution in [0, 0.1) is 11.3 Å². The predicted molar refractivity (Wildman–Crippen MR) is 89.6 cm³/mol. The maximum absolute atomic E-state index is 12.2. The quantitative estimate of drug-likeness (QED) is 0.471. The number of ether oxygens (including phenoxy) is 1. The van der Waals surface area contributed by atoms with Crippen molar-refractivity contribution in [2.45, 2.75) is 13.3 Å². The van der Waals surface area contributed by atoms with Crippen LogP contribution in [0.4, 0.5) is 0 Å². The number of nitrogens with zero attached hydrogens (tertiary/aromatic N) is 1. The molecule has 0 saturated carbocycles. The minimum atomic E-state index is -0.322. The zero-order chi connectivity index (χ0) is 15.2. The lowest BCUT2D eigenvalue weighted by atomic mass is 9.99. The summed E-state index contributed by atoms with van der Waals surface area (Å²) in [6.45, 7) is 2.36. The third-order valence-corrected chi connectivity index (χ3v) is 4.62. The highest BCUT2D eigenvalue weighted by Crippen LogP contribution is 2.31. The van der Waals surface area contributed by atoms with Gasteiger partial charge in [0.1, 0.15) is 12.2 Å². The Morgan fingerprint density at radius 2 is 2.38 bits per heavy atom. The topological polar surface area (TPSA) is 53.7 Å². The summed E-state index contributed by atoms with van der Waals surface area (Å²) in [4.78, 5) is 12.2. The molecule has 4 nitrogen and oxygen atoms in total. The van der Waals surface area contributed by atoms with Crippen molar-refractivity contribution in [1.82, 2.24) is 0 Å². The van der Waals surface area contributed by atoms with Gasteiger partial charge in [0.15, 0.2) is 0 Å². The standard InChI is InChI=1S/C15H15NO3S2/c1-3-10-8-12(15(17)19-5-7-20-2)14-11(4-6-21-14)13(10)9-16-18/h4,6,8H,3,5,7H2,1-2H3. The Bertz CT molecular complexity index is 713. The average Bonchev–Trinajstić information content (AvgIpc) is 2.97. The van der Waals surface area contributed by atoms with Gasteiger partial charge in [0.05, 0.1) is 10.3 Å². The molecule has 0 bridgehead atoms. The van der Waals surface area contributed by atoms with E-state index >= 15 is 0 Å². The van der Waals surface area contributed by atoms with Gasteiger partial charge < -0.3 is 9.94 Å². The van der Waals surface area contributed by atoms with Gasteiger partial charge in [-0.1, -0.05) is 6.92 Å². The van der Waals surface area contributed by atoms with Crippen LogP contribution in [0.25, 0.3) is 15.1 Å². The smallest absolute Gasteiger partial charge is 0.339 e. The molecule has 6 heteroatoms. The van der Waals surface area contributed by atoms with E-state index in [9.17, 15) is 10.0 Å². The SMILES string of the molecule is CCc1cc(C(=O)OCCSC)c2sccc2c1C#[N+][O-]. The number of carbonyl (C=O) groups is 1. The summed E-state index contributed by atoms with van der Waals surface area (Å²) in [5.41, 5.74) is 2.09. The minimum Gasteiger partial charge on any atom is -0.498 e. The fourth-order valence-electron chi connectivity index (χ4n) is 2.10. The van der Waals surface area contributed by atoms with Crippen LogP contribution in [-0.2, 0) is 11.2 Å². The van der Waals surface area contributed by atoms with Crippen molar-refractivity contribution in [2.24, 2.45) is 0 Å². The van der Waals surface area contributed by atoms with Crippen LogP contribution in [0.15, 0.2) is 17.5 Å². The summed E-state index contributed by atoms with van der Waals surface area (Å²) in [6.07, 6.45) is 2.65. The molecule has 0 fully saturated rings. The largest absolute Gasteiger partial charge is 0.498 e. The molecule has 0 aliphatic rings. The van der Waals surface area contributed by atoms with Crippen LogP contribution in [0.1, 0.15) is 28.4 Å². The number of carbonyl (C=O) groups excluding carboxylic acids is 1. The second kappa shape index (κ2) is 7.34. The summed E-state index contributed by atoms with van der Waals surface area (Å²) in [5, 5.41) is 16.0. The first-order valence-corrected chi connectivity index (χ1v) is 8.77. The van der Waals surface area contributed by atoms with Crippen molar-refractivity contribution in [1.29, 1.82) is 0 Å². The van der Waals surface area contributed by atoms with Crippen LogP contribution in [0.2, 0.25) is 0 Å². The fraction of sp³-hybridized carbons (Fsp3) is 0.333. The molecule has 0 spiro atoms. The van der Waals surface area contributed by atoms with Crippen LogP contribution in [-0.4, -0.2) is 24.6 Å². The van der Waals surface area contributed by atoms with E-state index in [1.807, 2.05) is 24.6 Å². The Hall–Kier alpha value is -1.71. The molecule has 0 aliphatic heterocycles. The lowest BCUT2D eigenvalue weighted by Gasteiger charge is -2.08. The van der Waals surface area contributed by atoms with E-state index in [0.29, 0.717) is 24.2 Å². The number of thioether (sulfide) groups is 1. The molecular weight excluding hydrogens is 306 g/mol. The van der Waals surface area contributed by atoms with Crippen molar-refractivity contribution in [3.05, 3.63) is 44.4 Å². The molecule has 1 aromatic heterocycles. The summed E-state index contributed by atoms with van der Waals surface area (Å²) >= 11 is 3.08. The molecule has 2 aromatic rings. The van der Waals surface area contributed by atoms with E-state index in [2.05, 4.69) is 11.1 Å². The molecule has 21 heavy (non-hydrogen) atoms. The molecule has 0 aliphatic carbocycles. The zero-order valence-electron chi connectivity index (χ0n) is 11.8. The summed E-state index contributed by atoms with van der Waals surface area (Å²) < 4.78 is 6.10. The summed E-state index contributed by atoms with van der Waals surface area (Å²) in [6, 6.07) is 6.16. The summed E-state index contributed by atoms with van der Waals surface area (Å²) in [5.74, 6) is 0.450. The Kier molecular flexibility index (Phi) is 5.48. The van der Waals surface area contributed by atoms with Crippen LogP contribution < -0.4 is 0 Å². The van der Waals surface area contributed by atoms with Crippen molar-refractivity contribution in [3.8, 4) is 6.07 Å². The van der Waals surface area contributed by atoms with Crippen molar-refractivity contribution in [3.63, 3.8) is 0 Å². The van der Waals surface area contributed by atoms with Gasteiger partial charge in [-0.3, -0.25) is 0 Å². The molecule has 1 heterocycles. The number of aryl methyl sites for hydroxylation is 1. The minimum absolute atomic E-state index is 0.322. The van der Waals surface area contributed by atoms with Crippen molar-refractivity contribution >= 4 is 39.2 Å². The van der Waals surface area contributed by atoms with Crippen LogP contribution in [0.3, 0.4) is 0 Å². The molecule has 0 amide bonds. The Morgan fingerprint density at radius 1 is 1.57 bits per heavy atom. The maximum Gasteiger partial charge on any atom is 0.339 e. The monoisotopic (exact) mass is 321 g/mol. The van der Waals surface area contributed by atoms with E-state index in [0.717, 1.165) is 21.4 Å². The zero-order valence-corrected chi connectivity index (χ0v) is 13.5. The van der Waals surface area contributed by atoms with Gasteiger partial charge in [-0.2, -0.15) is 11.8 Å². The molecule has 1 aromatic carbocycles.